The summed E-state index contributed by atoms with van der Waals surface area (Å²) in [5.41, 5.74) is 8.84. The fourth-order valence-electron chi connectivity index (χ4n) is 4.45. The Kier molecular flexibility index (Phi) is 7.29. The summed E-state index contributed by atoms with van der Waals surface area (Å²) in [6.45, 7) is 3.63. The maximum atomic E-state index is 9.25. The van der Waals surface area contributed by atoms with Crippen molar-refractivity contribution in [3.63, 3.8) is 0 Å². The number of nitriles is 1. The van der Waals surface area contributed by atoms with Crippen LogP contribution in [-0.2, 0) is 13.1 Å². The number of hydrogen-bond donors (Lipinski definition) is 0. The number of anilines is 4. The van der Waals surface area contributed by atoms with Crippen molar-refractivity contribution in [2.45, 2.75) is 20.0 Å². The average Bonchev–Trinajstić information content (AvgIpc) is 2.97. The van der Waals surface area contributed by atoms with E-state index in [1.54, 1.807) is 0 Å². The predicted octanol–water partition coefficient (Wildman–Crippen LogP) is 8.54. The van der Waals surface area contributed by atoms with Gasteiger partial charge in [0.15, 0.2) is 0 Å². The third-order valence-electron chi connectivity index (χ3n) is 6.49. The second kappa shape index (κ2) is 11.3. The third-order valence-corrected chi connectivity index (χ3v) is 6.49. The van der Waals surface area contributed by atoms with Crippen LogP contribution in [0.1, 0.15) is 22.3 Å². The Balaban J connectivity index is 1.49. The standard InChI is InChI=1S/C34H29N3/c1-27-12-16-31(17-13-27)36(25-29-8-4-2-5-9-29)33-20-22-34(23-21-33)37(26-30-10-6-3-7-11-30)32-18-14-28(24-35)15-19-32/h2-23H,25-26H2,1H3. The summed E-state index contributed by atoms with van der Waals surface area (Å²) in [5, 5.41) is 9.25. The Morgan fingerprint density at radius 3 is 1.22 bits per heavy atom. The first-order chi connectivity index (χ1) is 18.2. The molecule has 3 nitrogen and oxygen atoms in total. The fraction of sp³-hybridized carbons (Fsp3) is 0.0882. The van der Waals surface area contributed by atoms with Crippen molar-refractivity contribution in [3.8, 4) is 6.07 Å². The van der Waals surface area contributed by atoms with E-state index in [0.29, 0.717) is 5.56 Å². The molecule has 0 radical (unpaired) electrons. The van der Waals surface area contributed by atoms with Gasteiger partial charge in [-0.15, -0.1) is 0 Å². The van der Waals surface area contributed by atoms with Crippen LogP contribution in [0.2, 0.25) is 0 Å². The van der Waals surface area contributed by atoms with E-state index in [-0.39, 0.29) is 0 Å². The number of benzene rings is 5. The minimum absolute atomic E-state index is 0.661. The van der Waals surface area contributed by atoms with Crippen molar-refractivity contribution < 1.29 is 0 Å². The van der Waals surface area contributed by atoms with Gasteiger partial charge in [-0.3, -0.25) is 0 Å². The highest BCUT2D eigenvalue weighted by molar-refractivity contribution is 5.70. The van der Waals surface area contributed by atoms with Gasteiger partial charge in [0.05, 0.1) is 11.6 Å². The lowest BCUT2D eigenvalue weighted by Crippen LogP contribution is -2.18. The van der Waals surface area contributed by atoms with E-state index in [0.717, 1.165) is 35.8 Å². The molecule has 5 rings (SSSR count). The maximum Gasteiger partial charge on any atom is 0.0991 e. The number of aryl methyl sites for hydroxylation is 1. The normalized spacial score (nSPS) is 10.5. The molecule has 3 heteroatoms. The highest BCUT2D eigenvalue weighted by Crippen LogP contribution is 2.33. The molecule has 0 saturated carbocycles. The minimum atomic E-state index is 0.661. The fourth-order valence-corrected chi connectivity index (χ4v) is 4.45. The van der Waals surface area contributed by atoms with E-state index in [1.165, 1.54) is 16.7 Å². The van der Waals surface area contributed by atoms with Crippen molar-refractivity contribution in [2.75, 3.05) is 9.80 Å². The molecule has 5 aromatic rings. The maximum absolute atomic E-state index is 9.25. The Morgan fingerprint density at radius 1 is 0.486 bits per heavy atom. The SMILES string of the molecule is Cc1ccc(N(Cc2ccccc2)c2ccc(N(Cc3ccccc3)c3ccc(C#N)cc3)cc2)cc1. The Bertz CT molecular complexity index is 1450. The molecular weight excluding hydrogens is 450 g/mol. The van der Waals surface area contributed by atoms with Gasteiger partial charge in [0, 0.05) is 35.8 Å². The van der Waals surface area contributed by atoms with E-state index in [9.17, 15) is 5.26 Å². The van der Waals surface area contributed by atoms with Gasteiger partial charge in [0.2, 0.25) is 0 Å². The Morgan fingerprint density at radius 2 is 0.838 bits per heavy atom. The van der Waals surface area contributed by atoms with Crippen LogP contribution < -0.4 is 9.80 Å². The molecule has 0 aromatic heterocycles. The summed E-state index contributed by atoms with van der Waals surface area (Å²) in [5.74, 6) is 0. The molecule has 180 valence electrons. The molecule has 37 heavy (non-hydrogen) atoms. The summed E-state index contributed by atoms with van der Waals surface area (Å²) in [7, 11) is 0. The third kappa shape index (κ3) is 5.89. The smallest absolute Gasteiger partial charge is 0.0991 e. The van der Waals surface area contributed by atoms with Crippen molar-refractivity contribution in [1.29, 1.82) is 5.26 Å². The second-order valence-corrected chi connectivity index (χ2v) is 9.15. The monoisotopic (exact) mass is 479 g/mol. The van der Waals surface area contributed by atoms with Crippen molar-refractivity contribution in [1.82, 2.24) is 0 Å². The zero-order chi connectivity index (χ0) is 25.5. The molecule has 0 atom stereocenters. The summed E-state index contributed by atoms with van der Waals surface area (Å²) >= 11 is 0. The van der Waals surface area contributed by atoms with Gasteiger partial charge >= 0.3 is 0 Å². The highest BCUT2D eigenvalue weighted by Gasteiger charge is 2.14. The quantitative estimate of drug-likeness (QED) is 0.223. The highest BCUT2D eigenvalue weighted by atomic mass is 15.1. The molecule has 0 aliphatic heterocycles. The lowest BCUT2D eigenvalue weighted by Gasteiger charge is -2.28. The number of rotatable bonds is 8. The van der Waals surface area contributed by atoms with Crippen molar-refractivity contribution in [2.24, 2.45) is 0 Å². The molecule has 0 saturated heterocycles. The lowest BCUT2D eigenvalue weighted by molar-refractivity contribution is 0.963. The summed E-state index contributed by atoms with van der Waals surface area (Å²) in [6.07, 6.45) is 0. The first-order valence-corrected chi connectivity index (χ1v) is 12.5. The zero-order valence-corrected chi connectivity index (χ0v) is 21.0. The molecular formula is C34H29N3. The van der Waals surface area contributed by atoms with Crippen molar-refractivity contribution >= 4 is 22.7 Å². The van der Waals surface area contributed by atoms with Gasteiger partial charge in [0.25, 0.3) is 0 Å². The Labute approximate surface area is 219 Å². The van der Waals surface area contributed by atoms with Gasteiger partial charge in [0.1, 0.15) is 0 Å². The van der Waals surface area contributed by atoms with E-state index in [4.69, 9.17) is 0 Å². The molecule has 0 N–H and O–H groups in total. The van der Waals surface area contributed by atoms with Crippen molar-refractivity contribution in [3.05, 3.63) is 156 Å². The van der Waals surface area contributed by atoms with E-state index < -0.39 is 0 Å². The van der Waals surface area contributed by atoms with E-state index in [2.05, 4.69) is 126 Å². The van der Waals surface area contributed by atoms with Crippen LogP contribution in [0.3, 0.4) is 0 Å². The van der Waals surface area contributed by atoms with Gasteiger partial charge in [-0.2, -0.15) is 5.26 Å². The predicted molar refractivity (Wildman–Crippen MR) is 153 cm³/mol. The van der Waals surface area contributed by atoms with Crippen LogP contribution >= 0.6 is 0 Å². The Hall–Kier alpha value is -4.81. The first-order valence-electron chi connectivity index (χ1n) is 12.5. The molecule has 0 heterocycles. The van der Waals surface area contributed by atoms with Crippen LogP contribution in [0.15, 0.2) is 133 Å². The summed E-state index contributed by atoms with van der Waals surface area (Å²) in [6, 6.07) is 48.5. The molecule has 0 bridgehead atoms. The largest absolute Gasteiger partial charge is 0.337 e. The van der Waals surface area contributed by atoms with Crippen LogP contribution in [0.5, 0.6) is 0 Å². The average molecular weight is 480 g/mol. The molecule has 0 unspecified atom stereocenters. The summed E-state index contributed by atoms with van der Waals surface area (Å²) < 4.78 is 0. The summed E-state index contributed by atoms with van der Waals surface area (Å²) in [4.78, 5) is 4.63. The van der Waals surface area contributed by atoms with E-state index >= 15 is 0 Å². The van der Waals surface area contributed by atoms with Gasteiger partial charge < -0.3 is 9.80 Å². The lowest BCUT2D eigenvalue weighted by atomic mass is 10.1. The second-order valence-electron chi connectivity index (χ2n) is 9.15. The topological polar surface area (TPSA) is 30.3 Å². The molecule has 0 fully saturated rings. The van der Waals surface area contributed by atoms with Crippen LogP contribution in [0.25, 0.3) is 0 Å². The van der Waals surface area contributed by atoms with Crippen LogP contribution in [0.4, 0.5) is 22.7 Å². The van der Waals surface area contributed by atoms with Gasteiger partial charge in [-0.1, -0.05) is 78.4 Å². The van der Waals surface area contributed by atoms with E-state index in [1.807, 2.05) is 30.3 Å². The molecule has 0 aliphatic rings. The van der Waals surface area contributed by atoms with Crippen LogP contribution in [-0.4, -0.2) is 0 Å². The van der Waals surface area contributed by atoms with Gasteiger partial charge in [-0.05, 0) is 78.7 Å². The number of nitrogens with zero attached hydrogens (tertiary/aromatic N) is 3. The molecule has 0 spiro atoms. The number of hydrogen-bond acceptors (Lipinski definition) is 3. The minimum Gasteiger partial charge on any atom is -0.337 e. The molecule has 5 aromatic carbocycles. The van der Waals surface area contributed by atoms with Crippen LogP contribution in [0, 0.1) is 18.3 Å². The van der Waals surface area contributed by atoms with Gasteiger partial charge in [-0.25, -0.2) is 0 Å². The zero-order valence-electron chi connectivity index (χ0n) is 21.0. The molecule has 0 amide bonds. The first kappa shape index (κ1) is 23.9. The molecule has 0 aliphatic carbocycles.